The van der Waals surface area contributed by atoms with Gasteiger partial charge in [0.15, 0.2) is 0 Å². The first-order valence-corrected chi connectivity index (χ1v) is 7.23. The number of anilines is 2. The molecule has 0 spiro atoms. The molecule has 0 radical (unpaired) electrons. The van der Waals surface area contributed by atoms with E-state index in [0.29, 0.717) is 0 Å². The topological polar surface area (TPSA) is 57.2 Å². The van der Waals surface area contributed by atoms with E-state index in [1.54, 1.807) is 0 Å². The molecule has 0 bridgehead atoms. The lowest BCUT2D eigenvalue weighted by atomic mass is 9.83. The van der Waals surface area contributed by atoms with E-state index in [1.807, 2.05) is 12.4 Å². The van der Waals surface area contributed by atoms with Gasteiger partial charge in [0.1, 0.15) is 0 Å². The predicted molar refractivity (Wildman–Crippen MR) is 81.6 cm³/mol. The maximum Gasteiger partial charge on any atom is 0.0547 e. The lowest BCUT2D eigenvalue weighted by Gasteiger charge is -2.30. The summed E-state index contributed by atoms with van der Waals surface area (Å²) in [6, 6.07) is 2.07. The number of aliphatic hydroxyl groups excluding tert-OH is 1. The minimum absolute atomic E-state index is 0.0349. The van der Waals surface area contributed by atoms with E-state index in [1.165, 1.54) is 0 Å². The maximum absolute atomic E-state index is 9.56. The van der Waals surface area contributed by atoms with Gasteiger partial charge in [-0.1, -0.05) is 20.8 Å². The monoisotopic (exact) mass is 265 g/mol. The van der Waals surface area contributed by atoms with Gasteiger partial charge in [-0.25, -0.2) is 0 Å². The molecule has 0 saturated heterocycles. The summed E-state index contributed by atoms with van der Waals surface area (Å²) in [4.78, 5) is 4.23. The van der Waals surface area contributed by atoms with E-state index >= 15 is 0 Å². The van der Waals surface area contributed by atoms with Crippen LogP contribution in [0.4, 0.5) is 11.4 Å². The van der Waals surface area contributed by atoms with Crippen LogP contribution in [-0.4, -0.2) is 29.8 Å². The first-order chi connectivity index (χ1) is 9.19. The van der Waals surface area contributed by atoms with Crippen molar-refractivity contribution in [3.05, 3.63) is 18.5 Å². The van der Waals surface area contributed by atoms with Gasteiger partial charge in [0.25, 0.3) is 0 Å². The summed E-state index contributed by atoms with van der Waals surface area (Å²) in [5.41, 5.74) is 2.00. The van der Waals surface area contributed by atoms with E-state index in [4.69, 9.17) is 0 Å². The highest BCUT2D eigenvalue weighted by atomic mass is 16.3. The Morgan fingerprint density at radius 1 is 1.11 bits per heavy atom. The average Bonchev–Trinajstić information content (AvgIpc) is 2.47. The van der Waals surface area contributed by atoms with Crippen molar-refractivity contribution in [2.24, 2.45) is 5.41 Å². The average molecular weight is 265 g/mol. The summed E-state index contributed by atoms with van der Waals surface area (Å²) in [6.07, 6.45) is 6.68. The van der Waals surface area contributed by atoms with Gasteiger partial charge in [0.05, 0.1) is 30.4 Å². The molecule has 0 amide bonds. The van der Waals surface area contributed by atoms with Crippen molar-refractivity contribution in [3.8, 4) is 0 Å². The zero-order valence-corrected chi connectivity index (χ0v) is 12.4. The molecule has 1 aromatic heterocycles. The number of hydrogen-bond acceptors (Lipinski definition) is 4. The largest absolute Gasteiger partial charge is 0.396 e. The maximum atomic E-state index is 9.56. The number of aliphatic hydroxyl groups is 1. The molecule has 1 rings (SSSR count). The van der Waals surface area contributed by atoms with Crippen LogP contribution < -0.4 is 10.6 Å². The van der Waals surface area contributed by atoms with Gasteiger partial charge in [-0.05, 0) is 25.3 Å². The summed E-state index contributed by atoms with van der Waals surface area (Å²) in [5, 5.41) is 16.3. The number of pyridine rings is 1. The third-order valence-corrected chi connectivity index (χ3v) is 3.82. The predicted octanol–water partition coefficient (Wildman–Crippen LogP) is 3.11. The first kappa shape index (κ1) is 15.8. The zero-order chi connectivity index (χ0) is 14.1. The molecule has 0 fully saturated rings. The van der Waals surface area contributed by atoms with Crippen LogP contribution in [-0.2, 0) is 0 Å². The van der Waals surface area contributed by atoms with E-state index in [2.05, 4.69) is 42.5 Å². The van der Waals surface area contributed by atoms with E-state index < -0.39 is 0 Å². The van der Waals surface area contributed by atoms with Crippen LogP contribution >= 0.6 is 0 Å². The van der Waals surface area contributed by atoms with Crippen LogP contribution in [0.2, 0.25) is 0 Å². The normalized spacial score (nSPS) is 11.4. The van der Waals surface area contributed by atoms with Gasteiger partial charge in [-0.15, -0.1) is 0 Å². The fraction of sp³-hybridized carbons (Fsp3) is 0.667. The summed E-state index contributed by atoms with van der Waals surface area (Å²) < 4.78 is 0. The fourth-order valence-electron chi connectivity index (χ4n) is 1.97. The van der Waals surface area contributed by atoms with Crippen LogP contribution in [0.3, 0.4) is 0 Å². The highest BCUT2D eigenvalue weighted by molar-refractivity contribution is 5.54. The van der Waals surface area contributed by atoms with Gasteiger partial charge >= 0.3 is 0 Å². The Hall–Kier alpha value is -1.29. The highest BCUT2D eigenvalue weighted by Crippen LogP contribution is 2.26. The molecular formula is C15H27N3O. The molecular weight excluding hydrogens is 238 g/mol. The van der Waals surface area contributed by atoms with Crippen molar-refractivity contribution >= 4 is 11.4 Å². The number of aromatic nitrogens is 1. The van der Waals surface area contributed by atoms with Gasteiger partial charge in [0, 0.05) is 18.5 Å². The highest BCUT2D eigenvalue weighted by Gasteiger charge is 2.24. The summed E-state index contributed by atoms with van der Waals surface area (Å²) in [6.45, 7) is 8.33. The standard InChI is InChI=1S/C15H27N3O/c1-4-7-17-13-8-14(10-16-9-13)18-11-15(5-2,6-3)12-19/h8-10,17-19H,4-7,11-12H2,1-3H3. The van der Waals surface area contributed by atoms with Gasteiger partial charge in [-0.3, -0.25) is 4.98 Å². The molecule has 4 nitrogen and oxygen atoms in total. The van der Waals surface area contributed by atoms with Crippen LogP contribution in [0.25, 0.3) is 0 Å². The minimum atomic E-state index is -0.0349. The van der Waals surface area contributed by atoms with Crippen molar-refractivity contribution in [1.82, 2.24) is 4.98 Å². The molecule has 0 aliphatic carbocycles. The molecule has 0 aliphatic rings. The molecule has 1 heterocycles. The van der Waals surface area contributed by atoms with Gasteiger partial charge in [-0.2, -0.15) is 0 Å². The number of nitrogens with one attached hydrogen (secondary N) is 2. The molecule has 0 aliphatic heterocycles. The lowest BCUT2D eigenvalue weighted by Crippen LogP contribution is -2.32. The molecule has 4 heteroatoms. The van der Waals surface area contributed by atoms with Crippen LogP contribution in [0, 0.1) is 5.41 Å². The quantitative estimate of drug-likeness (QED) is 0.642. The minimum Gasteiger partial charge on any atom is -0.396 e. The zero-order valence-electron chi connectivity index (χ0n) is 12.4. The Balaban J connectivity index is 2.61. The Labute approximate surface area is 116 Å². The smallest absolute Gasteiger partial charge is 0.0547 e. The SMILES string of the molecule is CCCNc1cncc(NCC(CC)(CC)CO)c1. The van der Waals surface area contributed by atoms with Crippen LogP contribution in [0.1, 0.15) is 40.0 Å². The van der Waals surface area contributed by atoms with Crippen molar-refractivity contribution in [2.45, 2.75) is 40.0 Å². The molecule has 3 N–H and O–H groups in total. The Kier molecular flexibility index (Phi) is 6.64. The van der Waals surface area contributed by atoms with Crippen LogP contribution in [0.15, 0.2) is 18.5 Å². The molecule has 108 valence electrons. The second-order valence-electron chi connectivity index (χ2n) is 5.11. The molecule has 0 saturated carbocycles. The number of nitrogens with zero attached hydrogens (tertiary/aromatic N) is 1. The second kappa shape index (κ2) is 8.00. The van der Waals surface area contributed by atoms with E-state index in [-0.39, 0.29) is 12.0 Å². The third kappa shape index (κ3) is 4.71. The van der Waals surface area contributed by atoms with Crippen molar-refractivity contribution in [1.29, 1.82) is 0 Å². The number of hydrogen-bond donors (Lipinski definition) is 3. The van der Waals surface area contributed by atoms with Crippen LogP contribution in [0.5, 0.6) is 0 Å². The van der Waals surface area contributed by atoms with E-state index in [9.17, 15) is 5.11 Å². The van der Waals surface area contributed by atoms with Gasteiger partial charge < -0.3 is 15.7 Å². The van der Waals surface area contributed by atoms with Crippen molar-refractivity contribution in [3.63, 3.8) is 0 Å². The molecule has 1 aromatic rings. The molecule has 0 unspecified atom stereocenters. The number of rotatable bonds is 9. The van der Waals surface area contributed by atoms with E-state index in [0.717, 1.165) is 43.7 Å². The first-order valence-electron chi connectivity index (χ1n) is 7.23. The Bertz CT molecular complexity index is 356. The summed E-state index contributed by atoms with van der Waals surface area (Å²) in [5.74, 6) is 0. The summed E-state index contributed by atoms with van der Waals surface area (Å²) >= 11 is 0. The molecule has 0 atom stereocenters. The van der Waals surface area contributed by atoms with Gasteiger partial charge in [0.2, 0.25) is 0 Å². The fourth-order valence-corrected chi connectivity index (χ4v) is 1.97. The third-order valence-electron chi connectivity index (χ3n) is 3.82. The molecule has 19 heavy (non-hydrogen) atoms. The Morgan fingerprint density at radius 2 is 1.74 bits per heavy atom. The lowest BCUT2D eigenvalue weighted by molar-refractivity contribution is 0.127. The summed E-state index contributed by atoms with van der Waals surface area (Å²) in [7, 11) is 0. The Morgan fingerprint density at radius 3 is 2.26 bits per heavy atom. The van der Waals surface area contributed by atoms with Crippen molar-refractivity contribution in [2.75, 3.05) is 30.3 Å². The molecule has 0 aromatic carbocycles. The second-order valence-corrected chi connectivity index (χ2v) is 5.11. The van der Waals surface area contributed by atoms with Crippen molar-refractivity contribution < 1.29 is 5.11 Å².